The van der Waals surface area contributed by atoms with Crippen LogP contribution in [0, 0.1) is 0 Å². The molecule has 0 aliphatic carbocycles. The molecule has 0 atom stereocenters. The highest BCUT2D eigenvalue weighted by atomic mass is 32.2. The van der Waals surface area contributed by atoms with Crippen molar-refractivity contribution in [3.05, 3.63) is 101 Å². The maximum Gasteiger partial charge on any atom is 0.336 e. The van der Waals surface area contributed by atoms with Crippen LogP contribution in [-0.2, 0) is 15.7 Å². The third kappa shape index (κ3) is 3.76. The van der Waals surface area contributed by atoms with Gasteiger partial charge in [-0.3, -0.25) is 4.55 Å². The third-order valence-corrected chi connectivity index (χ3v) is 6.91. The number of carboxylic acids is 1. The molecule has 1 aliphatic rings. The monoisotopic (exact) mass is 488 g/mol. The van der Waals surface area contributed by atoms with Crippen molar-refractivity contribution in [2.75, 3.05) is 11.5 Å². The summed E-state index contributed by atoms with van der Waals surface area (Å²) in [6.07, 6.45) is 3.46. The molecular weight excluding hydrogens is 468 g/mol. The highest BCUT2D eigenvalue weighted by molar-refractivity contribution is 7.85. The summed E-state index contributed by atoms with van der Waals surface area (Å²) in [5.74, 6) is -0.945. The lowest BCUT2D eigenvalue weighted by Crippen LogP contribution is -2.34. The molecule has 4 aromatic carbocycles. The normalized spacial score (nSPS) is 14.3. The lowest BCUT2D eigenvalue weighted by Gasteiger charge is -2.37. The number of fused-ring (bicyclic) bond motifs is 3. The molecule has 176 valence electrons. The van der Waals surface area contributed by atoms with Crippen molar-refractivity contribution in [1.82, 2.24) is 0 Å². The van der Waals surface area contributed by atoms with Gasteiger partial charge in [-0.05, 0) is 66.1 Å². The Labute approximate surface area is 200 Å². The highest BCUT2D eigenvalue weighted by Crippen LogP contribution is 2.46. The van der Waals surface area contributed by atoms with Gasteiger partial charge in [-0.1, -0.05) is 24.3 Å². The summed E-state index contributed by atoms with van der Waals surface area (Å²) in [5.41, 5.74) is 13.5. The van der Waals surface area contributed by atoms with Gasteiger partial charge in [-0.25, -0.2) is 4.79 Å². The van der Waals surface area contributed by atoms with Gasteiger partial charge in [0.25, 0.3) is 10.1 Å². The van der Waals surface area contributed by atoms with Crippen molar-refractivity contribution in [2.24, 2.45) is 0 Å². The maximum absolute atomic E-state index is 12.1. The Morgan fingerprint density at radius 1 is 0.857 bits per heavy atom. The van der Waals surface area contributed by atoms with Gasteiger partial charge in [0.2, 0.25) is 0 Å². The van der Waals surface area contributed by atoms with Crippen LogP contribution in [-0.4, -0.2) is 24.0 Å². The molecule has 0 bridgehead atoms. The first-order valence-electron chi connectivity index (χ1n) is 10.5. The molecule has 1 heterocycles. The van der Waals surface area contributed by atoms with E-state index in [1.165, 1.54) is 24.3 Å². The molecule has 4 aromatic rings. The first-order chi connectivity index (χ1) is 16.6. The number of nitrogens with two attached hydrogens (primary N) is 2. The second-order valence-electron chi connectivity index (χ2n) is 8.25. The quantitative estimate of drug-likeness (QED) is 0.245. The van der Waals surface area contributed by atoms with Crippen LogP contribution in [0.25, 0.3) is 16.8 Å². The number of anilines is 2. The Bertz CT molecular complexity index is 1580. The Morgan fingerprint density at radius 3 is 1.94 bits per heavy atom. The maximum atomic E-state index is 12.1. The van der Waals surface area contributed by atoms with Crippen molar-refractivity contribution in [2.45, 2.75) is 10.5 Å². The van der Waals surface area contributed by atoms with Crippen LogP contribution in [0.5, 0.6) is 5.75 Å². The van der Waals surface area contributed by atoms with Gasteiger partial charge >= 0.3 is 5.97 Å². The van der Waals surface area contributed by atoms with Crippen molar-refractivity contribution in [1.29, 1.82) is 0 Å². The number of aromatic carboxylic acids is 1. The number of benzene rings is 4. The van der Waals surface area contributed by atoms with Gasteiger partial charge in [0.1, 0.15) is 5.75 Å². The lowest BCUT2D eigenvalue weighted by atomic mass is 9.82. The molecule has 9 heteroatoms. The molecule has 5 rings (SSSR count). The molecule has 1 aliphatic heterocycles. The molecule has 0 radical (unpaired) electrons. The Morgan fingerprint density at radius 2 is 1.43 bits per heavy atom. The van der Waals surface area contributed by atoms with Gasteiger partial charge in [0.15, 0.2) is 5.60 Å². The summed E-state index contributed by atoms with van der Waals surface area (Å²) in [6.45, 7) is 0. The van der Waals surface area contributed by atoms with E-state index in [0.29, 0.717) is 22.3 Å². The molecule has 0 spiro atoms. The molecule has 0 unspecified atom stereocenters. The number of hydrogen-bond donors (Lipinski definition) is 4. The summed E-state index contributed by atoms with van der Waals surface area (Å²) < 4.78 is 39.5. The van der Waals surface area contributed by atoms with Crippen molar-refractivity contribution >= 4 is 44.3 Å². The summed E-state index contributed by atoms with van der Waals surface area (Å²) in [7, 11) is -4.49. The second kappa shape index (κ2) is 7.86. The largest absolute Gasteiger partial charge is 0.478 e. The molecule has 0 saturated heterocycles. The number of nitrogen functional groups attached to an aromatic ring is 2. The molecule has 35 heavy (non-hydrogen) atoms. The Hall–Kier alpha value is -4.34. The van der Waals surface area contributed by atoms with Gasteiger partial charge in [0.05, 0.1) is 10.5 Å². The zero-order valence-electron chi connectivity index (χ0n) is 18.2. The van der Waals surface area contributed by atoms with Gasteiger partial charge in [-0.2, -0.15) is 8.42 Å². The Kier molecular flexibility index (Phi) is 5.04. The molecule has 8 nitrogen and oxygen atoms in total. The summed E-state index contributed by atoms with van der Waals surface area (Å²) in [6, 6.07) is 19.5. The van der Waals surface area contributed by atoms with Gasteiger partial charge < -0.3 is 21.3 Å². The average molecular weight is 489 g/mol. The third-order valence-electron chi connectivity index (χ3n) is 6.06. The van der Waals surface area contributed by atoms with Crippen molar-refractivity contribution in [3.63, 3.8) is 0 Å². The van der Waals surface area contributed by atoms with E-state index in [0.717, 1.165) is 11.1 Å². The van der Waals surface area contributed by atoms with Gasteiger partial charge in [-0.15, -0.1) is 0 Å². The first kappa shape index (κ1) is 22.5. The van der Waals surface area contributed by atoms with Crippen LogP contribution in [0.3, 0.4) is 0 Å². The first-order valence-corrected chi connectivity index (χ1v) is 11.9. The second-order valence-corrected chi connectivity index (χ2v) is 9.67. The molecule has 6 N–H and O–H groups in total. The summed E-state index contributed by atoms with van der Waals surface area (Å²) in [5, 5.41) is 10.6. The van der Waals surface area contributed by atoms with Crippen molar-refractivity contribution in [3.8, 4) is 5.75 Å². The molecule has 0 aromatic heterocycles. The topological polar surface area (TPSA) is 153 Å². The van der Waals surface area contributed by atoms with E-state index >= 15 is 0 Å². The van der Waals surface area contributed by atoms with Crippen molar-refractivity contribution < 1.29 is 27.6 Å². The number of hydrogen-bond acceptors (Lipinski definition) is 6. The molecule has 0 fully saturated rings. The predicted molar refractivity (Wildman–Crippen MR) is 133 cm³/mol. The minimum Gasteiger partial charge on any atom is -0.478 e. The van der Waals surface area contributed by atoms with E-state index < -0.39 is 21.7 Å². The van der Waals surface area contributed by atoms with E-state index in [1.807, 2.05) is 24.3 Å². The SMILES string of the molecule is Nc1ccc(C2(c3ccc(N)cc3)C=Cc3c(C(=O)O)cc4cc(S(=O)(=O)O)ccc4c3O2)cc1. The summed E-state index contributed by atoms with van der Waals surface area (Å²) in [4.78, 5) is 11.7. The Balaban J connectivity index is 1.81. The fourth-order valence-electron chi connectivity index (χ4n) is 4.31. The fraction of sp³-hybridized carbons (Fsp3) is 0.0385. The highest BCUT2D eigenvalue weighted by Gasteiger charge is 2.39. The number of rotatable bonds is 4. The standard InChI is InChI=1S/C26H20N2O6S/c27-18-5-1-16(2-6-18)26(17-3-7-19(28)8-4-17)12-11-22-23(25(29)30)14-15-13-20(35(31,32)33)9-10-21(15)24(22)34-26/h1-14H,27-28H2,(H,29,30)(H,31,32,33). The van der Waals surface area contributed by atoms with Crippen LogP contribution >= 0.6 is 0 Å². The van der Waals surface area contributed by atoms with Crippen LogP contribution in [0.2, 0.25) is 0 Å². The number of ether oxygens (including phenoxy) is 1. The van der Waals surface area contributed by atoms with Crippen LogP contribution in [0.4, 0.5) is 11.4 Å². The minimum absolute atomic E-state index is 0.0700. The average Bonchev–Trinajstić information content (AvgIpc) is 2.83. The van der Waals surface area contributed by atoms with Crippen LogP contribution in [0.1, 0.15) is 27.0 Å². The molecular formula is C26H20N2O6S. The predicted octanol–water partition coefficient (Wildman–Crippen LogP) is 4.30. The summed E-state index contributed by atoms with van der Waals surface area (Å²) >= 11 is 0. The van der Waals surface area contributed by atoms with E-state index in [-0.39, 0.29) is 21.6 Å². The van der Waals surface area contributed by atoms with E-state index in [4.69, 9.17) is 16.2 Å². The van der Waals surface area contributed by atoms with Crippen LogP contribution in [0.15, 0.2) is 83.8 Å². The zero-order chi connectivity index (χ0) is 25.0. The molecule has 0 saturated carbocycles. The van der Waals surface area contributed by atoms with Gasteiger partial charge in [0, 0.05) is 33.5 Å². The van der Waals surface area contributed by atoms with E-state index in [9.17, 15) is 22.9 Å². The molecule has 0 amide bonds. The smallest absolute Gasteiger partial charge is 0.336 e. The zero-order valence-corrected chi connectivity index (χ0v) is 19.0. The van der Waals surface area contributed by atoms with Crippen LogP contribution < -0.4 is 16.2 Å². The minimum atomic E-state index is -4.49. The number of carboxylic acid groups (broad SMARTS) is 1. The lowest BCUT2D eigenvalue weighted by molar-refractivity contribution is 0.0695. The number of carbonyl (C=O) groups is 1. The van der Waals surface area contributed by atoms with E-state index in [1.54, 1.807) is 36.4 Å². The fourth-order valence-corrected chi connectivity index (χ4v) is 4.83. The van der Waals surface area contributed by atoms with E-state index in [2.05, 4.69) is 0 Å².